The predicted octanol–water partition coefficient (Wildman–Crippen LogP) is 1.66. The highest BCUT2D eigenvalue weighted by molar-refractivity contribution is 14.0. The van der Waals surface area contributed by atoms with E-state index in [9.17, 15) is 4.79 Å². The van der Waals surface area contributed by atoms with Crippen LogP contribution >= 0.6 is 24.0 Å². The molecule has 1 aliphatic rings. The summed E-state index contributed by atoms with van der Waals surface area (Å²) in [4.78, 5) is 22.5. The number of rotatable bonds is 8. The smallest absolute Gasteiger partial charge is 0.243 e. The first kappa shape index (κ1) is 26.0. The third kappa shape index (κ3) is 7.67. The zero-order valence-electron chi connectivity index (χ0n) is 18.4. The van der Waals surface area contributed by atoms with Crippen molar-refractivity contribution >= 4 is 35.8 Å². The normalized spacial score (nSPS) is 14.5. The van der Waals surface area contributed by atoms with E-state index in [0.29, 0.717) is 6.54 Å². The van der Waals surface area contributed by atoms with Crippen molar-refractivity contribution in [3.05, 3.63) is 36.4 Å². The molecule has 1 aliphatic heterocycles. The molecule has 0 spiro atoms. The Hall–Kier alpha value is -2.01. The van der Waals surface area contributed by atoms with Crippen molar-refractivity contribution in [1.82, 2.24) is 20.0 Å². The summed E-state index contributed by atoms with van der Waals surface area (Å²) in [7, 11) is 6.83. The lowest BCUT2D eigenvalue weighted by Crippen LogP contribution is -2.52. The molecule has 1 heterocycles. The van der Waals surface area contributed by atoms with Gasteiger partial charge in [-0.15, -0.1) is 30.6 Å². The van der Waals surface area contributed by atoms with Crippen molar-refractivity contribution in [2.45, 2.75) is 6.54 Å². The van der Waals surface area contributed by atoms with Gasteiger partial charge in [-0.3, -0.25) is 9.69 Å². The van der Waals surface area contributed by atoms with E-state index in [2.05, 4.69) is 26.7 Å². The lowest BCUT2D eigenvalue weighted by atomic mass is 10.1. The fraction of sp³-hybridized carbons (Fsp3) is 0.524. The maximum absolute atomic E-state index is 11.9. The molecule has 0 saturated carbocycles. The third-order valence-electron chi connectivity index (χ3n) is 4.82. The van der Waals surface area contributed by atoms with E-state index in [1.807, 2.05) is 18.2 Å². The van der Waals surface area contributed by atoms with Crippen LogP contribution in [0.3, 0.4) is 0 Å². The first-order valence-electron chi connectivity index (χ1n) is 9.76. The van der Waals surface area contributed by atoms with Crippen molar-refractivity contribution in [2.75, 3.05) is 67.6 Å². The molecule has 1 aromatic carbocycles. The number of amides is 1. The molecule has 1 amide bonds. The van der Waals surface area contributed by atoms with E-state index in [-0.39, 0.29) is 36.4 Å². The standard InChI is InChI=1S/C21H33N5O3.HI/c1-6-9-22-21(23-15-20(27)24(2)3)26-12-10-25(11-13-26)16-17-14-18(28-4)7-8-19(17)29-5;/h6-8,14H,1,9-13,15-16H2,2-5H3,(H,22,23);1H. The molecule has 0 aliphatic carbocycles. The average molecular weight is 531 g/mol. The number of hydrogen-bond donors (Lipinski definition) is 1. The molecule has 1 saturated heterocycles. The Kier molecular flexibility index (Phi) is 11.6. The Balaban J connectivity index is 0.00000450. The second-order valence-electron chi connectivity index (χ2n) is 7.04. The van der Waals surface area contributed by atoms with E-state index >= 15 is 0 Å². The number of hydrogen-bond acceptors (Lipinski definition) is 5. The molecule has 0 unspecified atom stereocenters. The summed E-state index contributed by atoms with van der Waals surface area (Å²) < 4.78 is 10.8. The molecule has 168 valence electrons. The Morgan fingerprint density at radius 2 is 1.93 bits per heavy atom. The van der Waals surface area contributed by atoms with Crippen LogP contribution in [-0.2, 0) is 11.3 Å². The first-order chi connectivity index (χ1) is 14.0. The number of halogens is 1. The van der Waals surface area contributed by atoms with E-state index in [4.69, 9.17) is 9.47 Å². The first-order valence-corrected chi connectivity index (χ1v) is 9.76. The van der Waals surface area contributed by atoms with Gasteiger partial charge in [-0.2, -0.15) is 0 Å². The Bertz CT molecular complexity index is 719. The topological polar surface area (TPSA) is 69.6 Å². The number of carbonyl (C=O) groups is 1. The number of likely N-dealkylation sites (N-methyl/N-ethyl adjacent to an activating group) is 1. The largest absolute Gasteiger partial charge is 0.497 e. The summed E-state index contributed by atoms with van der Waals surface area (Å²) >= 11 is 0. The SMILES string of the molecule is C=CCNC(=NCC(=O)N(C)C)N1CCN(Cc2cc(OC)ccc2OC)CC1.I. The van der Waals surface area contributed by atoms with Gasteiger partial charge in [0.1, 0.15) is 18.0 Å². The molecule has 1 fully saturated rings. The van der Waals surface area contributed by atoms with E-state index in [1.54, 1.807) is 39.3 Å². The minimum atomic E-state index is -0.0216. The molecule has 8 nitrogen and oxygen atoms in total. The summed E-state index contributed by atoms with van der Waals surface area (Å²) in [6, 6.07) is 5.87. The number of guanidine groups is 1. The number of piperazine rings is 1. The van der Waals surface area contributed by atoms with Gasteiger partial charge in [-0.1, -0.05) is 6.08 Å². The summed E-state index contributed by atoms with van der Waals surface area (Å²) in [6.45, 7) is 8.70. The zero-order chi connectivity index (χ0) is 21.2. The lowest BCUT2D eigenvalue weighted by molar-refractivity contribution is -0.127. The molecule has 0 radical (unpaired) electrons. The molecular formula is C21H34IN5O3. The maximum Gasteiger partial charge on any atom is 0.243 e. The second-order valence-corrected chi connectivity index (χ2v) is 7.04. The maximum atomic E-state index is 11.9. The summed E-state index contributed by atoms with van der Waals surface area (Å²) in [5.41, 5.74) is 1.11. The van der Waals surface area contributed by atoms with Gasteiger partial charge in [-0.25, -0.2) is 4.99 Å². The fourth-order valence-electron chi connectivity index (χ4n) is 3.08. The highest BCUT2D eigenvalue weighted by Crippen LogP contribution is 2.25. The second kappa shape index (κ2) is 13.3. The number of benzene rings is 1. The van der Waals surface area contributed by atoms with Gasteiger partial charge in [0.2, 0.25) is 5.91 Å². The summed E-state index contributed by atoms with van der Waals surface area (Å²) in [5, 5.41) is 3.26. The van der Waals surface area contributed by atoms with Crippen molar-refractivity contribution in [3.8, 4) is 11.5 Å². The minimum absolute atomic E-state index is 0. The van der Waals surface area contributed by atoms with Crippen molar-refractivity contribution in [2.24, 2.45) is 4.99 Å². The van der Waals surface area contributed by atoms with Crippen LogP contribution in [0.4, 0.5) is 0 Å². The molecule has 0 bridgehead atoms. The number of nitrogens with one attached hydrogen (secondary N) is 1. The number of nitrogens with zero attached hydrogens (tertiary/aromatic N) is 4. The van der Waals surface area contributed by atoms with Crippen LogP contribution in [0.2, 0.25) is 0 Å². The van der Waals surface area contributed by atoms with Gasteiger partial charge >= 0.3 is 0 Å². The number of methoxy groups -OCH3 is 2. The molecular weight excluding hydrogens is 497 g/mol. The van der Waals surface area contributed by atoms with E-state index in [0.717, 1.165) is 55.7 Å². The molecule has 1 N–H and O–H groups in total. The van der Waals surface area contributed by atoms with Gasteiger partial charge in [0.15, 0.2) is 5.96 Å². The quantitative estimate of drug-likeness (QED) is 0.238. The summed E-state index contributed by atoms with van der Waals surface area (Å²) in [6.07, 6.45) is 1.79. The van der Waals surface area contributed by atoms with Crippen LogP contribution in [0.1, 0.15) is 5.56 Å². The van der Waals surface area contributed by atoms with Gasteiger partial charge in [0.25, 0.3) is 0 Å². The molecule has 9 heteroatoms. The number of aliphatic imine (C=N–C) groups is 1. The van der Waals surface area contributed by atoms with E-state index < -0.39 is 0 Å². The lowest BCUT2D eigenvalue weighted by Gasteiger charge is -2.36. The van der Waals surface area contributed by atoms with Gasteiger partial charge in [0, 0.05) is 58.9 Å². The molecule has 2 rings (SSSR count). The highest BCUT2D eigenvalue weighted by Gasteiger charge is 2.21. The van der Waals surface area contributed by atoms with Crippen molar-refractivity contribution < 1.29 is 14.3 Å². The van der Waals surface area contributed by atoms with Crippen LogP contribution in [0.15, 0.2) is 35.8 Å². The monoisotopic (exact) mass is 531 g/mol. The van der Waals surface area contributed by atoms with Gasteiger partial charge < -0.3 is 24.6 Å². The molecule has 1 aromatic rings. The number of carbonyl (C=O) groups excluding carboxylic acids is 1. The van der Waals surface area contributed by atoms with Crippen LogP contribution in [0, 0.1) is 0 Å². The molecule has 0 aromatic heterocycles. The highest BCUT2D eigenvalue weighted by atomic mass is 127. The van der Waals surface area contributed by atoms with Gasteiger partial charge in [0.05, 0.1) is 14.2 Å². The van der Waals surface area contributed by atoms with E-state index in [1.165, 1.54) is 0 Å². The van der Waals surface area contributed by atoms with Crippen LogP contribution in [0.5, 0.6) is 11.5 Å². The van der Waals surface area contributed by atoms with Crippen LogP contribution in [-0.4, -0.2) is 94.1 Å². The van der Waals surface area contributed by atoms with Crippen molar-refractivity contribution in [3.63, 3.8) is 0 Å². The predicted molar refractivity (Wildman–Crippen MR) is 131 cm³/mol. The Morgan fingerprint density at radius 1 is 1.23 bits per heavy atom. The molecule has 0 atom stereocenters. The average Bonchev–Trinajstić information content (AvgIpc) is 2.74. The van der Waals surface area contributed by atoms with Crippen LogP contribution in [0.25, 0.3) is 0 Å². The minimum Gasteiger partial charge on any atom is -0.497 e. The van der Waals surface area contributed by atoms with Crippen molar-refractivity contribution in [1.29, 1.82) is 0 Å². The van der Waals surface area contributed by atoms with Crippen LogP contribution < -0.4 is 14.8 Å². The number of ether oxygens (including phenoxy) is 2. The van der Waals surface area contributed by atoms with Gasteiger partial charge in [-0.05, 0) is 18.2 Å². The Morgan fingerprint density at radius 3 is 2.50 bits per heavy atom. The zero-order valence-corrected chi connectivity index (χ0v) is 20.7. The molecule has 30 heavy (non-hydrogen) atoms. The summed E-state index contributed by atoms with van der Waals surface area (Å²) in [5.74, 6) is 2.42. The third-order valence-corrected chi connectivity index (χ3v) is 4.82. The Labute approximate surface area is 196 Å². The fourth-order valence-corrected chi connectivity index (χ4v) is 3.08.